The van der Waals surface area contributed by atoms with Crippen LogP contribution in [0.15, 0.2) is 24.3 Å². The van der Waals surface area contributed by atoms with E-state index in [0.29, 0.717) is 23.6 Å². The van der Waals surface area contributed by atoms with Crippen LogP contribution in [0.2, 0.25) is 5.02 Å². The van der Waals surface area contributed by atoms with Gasteiger partial charge in [-0.25, -0.2) is 0 Å². The molecule has 1 atom stereocenters. The molecule has 1 fully saturated rings. The Kier molecular flexibility index (Phi) is 4.04. The summed E-state index contributed by atoms with van der Waals surface area (Å²) < 4.78 is 0. The lowest BCUT2D eigenvalue weighted by atomic mass is 9.87. The largest absolute Gasteiger partial charge is 0.340 e. The predicted molar refractivity (Wildman–Crippen MR) is 79.9 cm³/mol. The van der Waals surface area contributed by atoms with Crippen LogP contribution in [0.25, 0.3) is 0 Å². The number of amides is 2. The Morgan fingerprint density at radius 3 is 2.50 bits per heavy atom. The number of carbonyl (C=O) groups excluding carboxylic acids is 2. The average Bonchev–Trinajstić information content (AvgIpc) is 2.43. The summed E-state index contributed by atoms with van der Waals surface area (Å²) in [6, 6.07) is 6.51. The van der Waals surface area contributed by atoms with Gasteiger partial charge in [-0.1, -0.05) is 31.5 Å². The van der Waals surface area contributed by atoms with Crippen LogP contribution in [0.5, 0.6) is 0 Å². The van der Waals surface area contributed by atoms with E-state index in [1.807, 2.05) is 13.8 Å². The van der Waals surface area contributed by atoms with Crippen molar-refractivity contribution in [3.63, 3.8) is 0 Å². The minimum Gasteiger partial charge on any atom is -0.340 e. The molecule has 2 amide bonds. The summed E-state index contributed by atoms with van der Waals surface area (Å²) in [4.78, 5) is 26.6. The molecule has 1 saturated heterocycles. The third-order valence-electron chi connectivity index (χ3n) is 4.05. The van der Waals surface area contributed by atoms with Gasteiger partial charge in [-0.05, 0) is 38.0 Å². The fraction of sp³-hybridized carbons (Fsp3) is 0.467. The fourth-order valence-electron chi connectivity index (χ4n) is 2.61. The maximum Gasteiger partial charge on any atom is 0.253 e. The van der Waals surface area contributed by atoms with Crippen LogP contribution in [0.3, 0.4) is 0 Å². The van der Waals surface area contributed by atoms with E-state index >= 15 is 0 Å². The fourth-order valence-corrected chi connectivity index (χ4v) is 2.80. The summed E-state index contributed by atoms with van der Waals surface area (Å²) >= 11 is 6.00. The van der Waals surface area contributed by atoms with Crippen LogP contribution in [-0.2, 0) is 9.59 Å². The standard InChI is InChI=1S/C15H19ClN2O2/c1-4-15(5-2)14(20)18(10(3)13(19)17-15)12-8-6-7-11(16)9-12/h6-10H,4-5H2,1-3H3,(H,17,19). The van der Waals surface area contributed by atoms with E-state index in [-0.39, 0.29) is 11.8 Å². The highest BCUT2D eigenvalue weighted by Crippen LogP contribution is 2.30. The van der Waals surface area contributed by atoms with Crippen LogP contribution < -0.4 is 10.2 Å². The number of hydrogen-bond acceptors (Lipinski definition) is 2. The molecule has 1 unspecified atom stereocenters. The normalized spacial score (nSPS) is 21.8. The summed E-state index contributed by atoms with van der Waals surface area (Å²) in [5.41, 5.74) is -0.151. The van der Waals surface area contributed by atoms with Gasteiger partial charge in [0.25, 0.3) is 5.91 Å². The van der Waals surface area contributed by atoms with Crippen molar-refractivity contribution < 1.29 is 9.59 Å². The van der Waals surface area contributed by atoms with Crippen molar-refractivity contribution in [2.45, 2.75) is 45.2 Å². The van der Waals surface area contributed by atoms with E-state index in [1.165, 1.54) is 0 Å². The maximum atomic E-state index is 12.8. The summed E-state index contributed by atoms with van der Waals surface area (Å²) in [7, 11) is 0. The zero-order chi connectivity index (χ0) is 14.9. The molecule has 2 rings (SSSR count). The highest BCUT2D eigenvalue weighted by molar-refractivity contribution is 6.31. The molecule has 1 aromatic rings. The van der Waals surface area contributed by atoms with E-state index < -0.39 is 11.6 Å². The molecule has 108 valence electrons. The summed E-state index contributed by atoms with van der Waals surface area (Å²) in [5.74, 6) is -0.204. The second kappa shape index (κ2) is 5.44. The van der Waals surface area contributed by atoms with Crippen molar-refractivity contribution in [3.8, 4) is 0 Å². The first kappa shape index (κ1) is 14.9. The van der Waals surface area contributed by atoms with Crippen LogP contribution in [0, 0.1) is 0 Å². The molecule has 4 nitrogen and oxygen atoms in total. The number of hydrogen-bond donors (Lipinski definition) is 1. The van der Waals surface area contributed by atoms with Gasteiger partial charge in [-0.15, -0.1) is 0 Å². The highest BCUT2D eigenvalue weighted by Gasteiger charge is 2.47. The Balaban J connectivity index is 2.49. The van der Waals surface area contributed by atoms with Crippen LogP contribution in [-0.4, -0.2) is 23.4 Å². The molecule has 0 radical (unpaired) electrons. The second-order valence-electron chi connectivity index (χ2n) is 5.11. The molecular weight excluding hydrogens is 276 g/mol. The van der Waals surface area contributed by atoms with Crippen molar-refractivity contribution in [3.05, 3.63) is 29.3 Å². The topological polar surface area (TPSA) is 49.4 Å². The monoisotopic (exact) mass is 294 g/mol. The number of benzene rings is 1. The number of nitrogens with zero attached hydrogens (tertiary/aromatic N) is 1. The van der Waals surface area contributed by atoms with Gasteiger partial charge in [-0.3, -0.25) is 14.5 Å². The average molecular weight is 295 g/mol. The van der Waals surface area contributed by atoms with Gasteiger partial charge in [0, 0.05) is 10.7 Å². The van der Waals surface area contributed by atoms with Crippen molar-refractivity contribution in [1.29, 1.82) is 0 Å². The quantitative estimate of drug-likeness (QED) is 0.932. The molecule has 0 aromatic heterocycles. The maximum absolute atomic E-state index is 12.8. The molecule has 1 aliphatic rings. The zero-order valence-corrected chi connectivity index (χ0v) is 12.7. The van der Waals surface area contributed by atoms with Crippen molar-refractivity contribution in [1.82, 2.24) is 5.32 Å². The number of rotatable bonds is 3. The first-order valence-electron chi connectivity index (χ1n) is 6.86. The van der Waals surface area contributed by atoms with Crippen LogP contribution in [0.1, 0.15) is 33.6 Å². The van der Waals surface area contributed by atoms with E-state index in [4.69, 9.17) is 11.6 Å². The molecule has 1 aliphatic heterocycles. The first-order valence-corrected chi connectivity index (χ1v) is 7.24. The summed E-state index contributed by atoms with van der Waals surface area (Å²) in [6.45, 7) is 5.55. The number of halogens is 1. The van der Waals surface area contributed by atoms with Gasteiger partial charge >= 0.3 is 0 Å². The Hall–Kier alpha value is -1.55. The molecule has 1 N–H and O–H groups in total. The van der Waals surface area contributed by atoms with Crippen molar-refractivity contribution in [2.24, 2.45) is 0 Å². The number of piperazine rings is 1. The molecule has 1 aromatic carbocycles. The minimum absolute atomic E-state index is 0.0723. The molecule has 0 saturated carbocycles. The van der Waals surface area contributed by atoms with E-state index in [1.54, 1.807) is 36.1 Å². The molecule has 0 aliphatic carbocycles. The third kappa shape index (κ3) is 2.29. The van der Waals surface area contributed by atoms with Crippen molar-refractivity contribution >= 4 is 29.1 Å². The molecule has 1 heterocycles. The van der Waals surface area contributed by atoms with Gasteiger partial charge in [-0.2, -0.15) is 0 Å². The SMILES string of the molecule is CCC1(CC)NC(=O)C(C)N(c2cccc(Cl)c2)C1=O. The smallest absolute Gasteiger partial charge is 0.253 e. The van der Waals surface area contributed by atoms with Gasteiger partial charge in [0.2, 0.25) is 5.91 Å². The summed E-state index contributed by atoms with van der Waals surface area (Å²) in [6.07, 6.45) is 1.13. The molecular formula is C15H19ClN2O2. The lowest BCUT2D eigenvalue weighted by molar-refractivity contribution is -0.138. The van der Waals surface area contributed by atoms with Gasteiger partial charge in [0.15, 0.2) is 0 Å². The second-order valence-corrected chi connectivity index (χ2v) is 5.55. The molecule has 20 heavy (non-hydrogen) atoms. The van der Waals surface area contributed by atoms with Crippen LogP contribution in [0.4, 0.5) is 5.69 Å². The number of nitrogens with one attached hydrogen (secondary N) is 1. The lowest BCUT2D eigenvalue weighted by Crippen LogP contribution is -2.69. The highest BCUT2D eigenvalue weighted by atomic mass is 35.5. The van der Waals surface area contributed by atoms with E-state index in [2.05, 4.69) is 5.32 Å². The van der Waals surface area contributed by atoms with Gasteiger partial charge < -0.3 is 5.32 Å². The van der Waals surface area contributed by atoms with E-state index in [0.717, 1.165) is 0 Å². The third-order valence-corrected chi connectivity index (χ3v) is 4.29. The Labute approximate surface area is 124 Å². The Bertz CT molecular complexity index is 540. The zero-order valence-electron chi connectivity index (χ0n) is 11.9. The Morgan fingerprint density at radius 1 is 1.30 bits per heavy atom. The number of carbonyl (C=O) groups is 2. The molecule has 0 spiro atoms. The van der Waals surface area contributed by atoms with Crippen molar-refractivity contribution in [2.75, 3.05) is 4.90 Å². The lowest BCUT2D eigenvalue weighted by Gasteiger charge is -2.44. The van der Waals surface area contributed by atoms with E-state index in [9.17, 15) is 9.59 Å². The van der Waals surface area contributed by atoms with Crippen LogP contribution >= 0.6 is 11.6 Å². The van der Waals surface area contributed by atoms with Gasteiger partial charge in [0.1, 0.15) is 11.6 Å². The minimum atomic E-state index is -0.814. The molecule has 0 bridgehead atoms. The molecule has 5 heteroatoms. The number of anilines is 1. The summed E-state index contributed by atoms with van der Waals surface area (Å²) in [5, 5.41) is 3.43. The Morgan fingerprint density at radius 2 is 1.95 bits per heavy atom. The first-order chi connectivity index (χ1) is 9.45. The van der Waals surface area contributed by atoms with Gasteiger partial charge in [0.05, 0.1) is 0 Å². The predicted octanol–water partition coefficient (Wildman–Crippen LogP) is 2.75.